The minimum atomic E-state index is 0.585. The van der Waals surface area contributed by atoms with E-state index in [1.165, 1.54) is 48.0 Å². The van der Waals surface area contributed by atoms with Gasteiger partial charge < -0.3 is 0 Å². The number of fused-ring (bicyclic) bond motifs is 6. The number of hydrogen-bond donors (Lipinski definition) is 0. The Bertz CT molecular complexity index is 3200. The van der Waals surface area contributed by atoms with Crippen molar-refractivity contribution in [2.24, 2.45) is 0 Å². The van der Waals surface area contributed by atoms with Crippen molar-refractivity contribution in [3.05, 3.63) is 194 Å². The van der Waals surface area contributed by atoms with Crippen LogP contribution < -0.4 is 0 Å². The van der Waals surface area contributed by atoms with Crippen LogP contribution in [0.2, 0.25) is 0 Å². The minimum Gasteiger partial charge on any atom is -0.278 e. The van der Waals surface area contributed by atoms with Crippen molar-refractivity contribution in [3.63, 3.8) is 0 Å². The molecule has 11 rings (SSSR count). The summed E-state index contributed by atoms with van der Waals surface area (Å²) in [7, 11) is 0. The summed E-state index contributed by atoms with van der Waals surface area (Å²) in [5.41, 5.74) is 11.2. The first-order valence-corrected chi connectivity index (χ1v) is 19.6. The molecule has 4 nitrogen and oxygen atoms in total. The molecule has 0 unspecified atom stereocenters. The molecule has 0 aliphatic heterocycles. The number of para-hydroxylation sites is 1. The molecule has 56 heavy (non-hydrogen) atoms. The second-order valence-corrected chi connectivity index (χ2v) is 15.0. The predicted molar refractivity (Wildman–Crippen MR) is 234 cm³/mol. The van der Waals surface area contributed by atoms with Crippen molar-refractivity contribution in [2.75, 3.05) is 0 Å². The maximum absolute atomic E-state index is 5.12. The van der Waals surface area contributed by atoms with Crippen LogP contribution in [0.5, 0.6) is 0 Å². The molecule has 0 atom stereocenters. The Morgan fingerprint density at radius 2 is 0.857 bits per heavy atom. The van der Waals surface area contributed by atoms with Crippen molar-refractivity contribution in [1.29, 1.82) is 0 Å². The van der Waals surface area contributed by atoms with E-state index >= 15 is 0 Å². The fourth-order valence-electron chi connectivity index (χ4n) is 8.14. The average Bonchev–Trinajstić information content (AvgIpc) is 3.83. The quantitative estimate of drug-likeness (QED) is 0.171. The molecule has 0 aliphatic carbocycles. The molecular weight excluding hydrogens is 701 g/mol. The van der Waals surface area contributed by atoms with Crippen LogP contribution in [0.4, 0.5) is 0 Å². The fourth-order valence-corrected chi connectivity index (χ4v) is 9.37. The summed E-state index contributed by atoms with van der Waals surface area (Å²) in [5.74, 6) is 1.85. The van der Waals surface area contributed by atoms with Crippen LogP contribution in [0.15, 0.2) is 194 Å². The van der Waals surface area contributed by atoms with Crippen LogP contribution in [-0.4, -0.2) is 19.5 Å². The Morgan fingerprint density at radius 1 is 0.339 bits per heavy atom. The molecule has 0 bridgehead atoms. The average molecular weight is 733 g/mol. The van der Waals surface area contributed by atoms with E-state index in [-0.39, 0.29) is 0 Å². The van der Waals surface area contributed by atoms with Gasteiger partial charge in [0.15, 0.2) is 11.6 Å². The molecule has 8 aromatic carbocycles. The van der Waals surface area contributed by atoms with Gasteiger partial charge in [-0.2, -0.15) is 9.97 Å². The zero-order chi connectivity index (χ0) is 37.0. The first kappa shape index (κ1) is 32.2. The molecule has 5 heteroatoms. The third-order valence-corrected chi connectivity index (χ3v) is 11.9. The van der Waals surface area contributed by atoms with Crippen LogP contribution in [0.1, 0.15) is 0 Å². The summed E-state index contributed by atoms with van der Waals surface area (Å²) in [6, 6.07) is 68.7. The second kappa shape index (κ2) is 13.3. The van der Waals surface area contributed by atoms with Gasteiger partial charge in [-0.1, -0.05) is 170 Å². The lowest BCUT2D eigenvalue weighted by Crippen LogP contribution is -2.06. The van der Waals surface area contributed by atoms with E-state index in [2.05, 4.69) is 138 Å². The van der Waals surface area contributed by atoms with Crippen LogP contribution in [0, 0.1) is 0 Å². The molecule has 3 aromatic heterocycles. The minimum absolute atomic E-state index is 0.585. The Labute approximate surface area is 327 Å². The number of thiophene rings is 1. The van der Waals surface area contributed by atoms with E-state index in [0.29, 0.717) is 17.6 Å². The Kier molecular flexibility index (Phi) is 7.64. The molecule has 0 saturated heterocycles. The number of hydrogen-bond acceptors (Lipinski definition) is 4. The molecule has 0 N–H and O–H groups in total. The van der Waals surface area contributed by atoms with Crippen molar-refractivity contribution in [2.45, 2.75) is 0 Å². The van der Waals surface area contributed by atoms with E-state index in [4.69, 9.17) is 15.0 Å². The first-order chi connectivity index (χ1) is 27.8. The number of nitrogens with zero attached hydrogens (tertiary/aromatic N) is 4. The molecule has 0 fully saturated rings. The van der Waals surface area contributed by atoms with E-state index in [1.54, 1.807) is 0 Å². The molecule has 0 radical (unpaired) electrons. The summed E-state index contributed by atoms with van der Waals surface area (Å²) in [4.78, 5) is 15.2. The van der Waals surface area contributed by atoms with Crippen molar-refractivity contribution < 1.29 is 0 Å². The molecule has 3 heterocycles. The zero-order valence-electron chi connectivity index (χ0n) is 30.2. The van der Waals surface area contributed by atoms with Gasteiger partial charge in [0.2, 0.25) is 5.95 Å². The van der Waals surface area contributed by atoms with Gasteiger partial charge in [-0.15, -0.1) is 11.3 Å². The molecule has 0 amide bonds. The summed E-state index contributed by atoms with van der Waals surface area (Å²) in [6.07, 6.45) is 0. The number of benzene rings is 8. The SMILES string of the molecule is c1ccc(-c2nc(-c3ccccc3)nc(-n3c4ccccc4c4cc(-c5ccccc5-c5ccccc5-c5cccc6c5sc5ccccc56)ccc43)n2)cc1. The standard InChI is InChI=1S/C51H32N4S/c1-3-16-33(17-4-1)49-52-50(34-18-5-2-6-19-34)54-51(53-49)55-45-28-13-11-24-40(45)44-32-35(30-31-46(44)55)36-20-7-8-21-37(36)38-22-9-10-23-39(38)42-26-15-27-43-41-25-12-14-29-47(41)56-48(42)43/h1-32H. The van der Waals surface area contributed by atoms with Gasteiger partial charge in [0.25, 0.3) is 0 Å². The summed E-state index contributed by atoms with van der Waals surface area (Å²) in [5, 5.41) is 4.89. The molecule has 0 aliphatic rings. The summed E-state index contributed by atoms with van der Waals surface area (Å²) >= 11 is 1.87. The van der Waals surface area contributed by atoms with Crippen molar-refractivity contribution in [3.8, 4) is 62.1 Å². The highest BCUT2D eigenvalue weighted by atomic mass is 32.1. The van der Waals surface area contributed by atoms with Gasteiger partial charge in [0.05, 0.1) is 11.0 Å². The van der Waals surface area contributed by atoms with Gasteiger partial charge >= 0.3 is 0 Å². The van der Waals surface area contributed by atoms with Crippen LogP contribution in [0.3, 0.4) is 0 Å². The summed E-state index contributed by atoms with van der Waals surface area (Å²) < 4.78 is 4.81. The van der Waals surface area contributed by atoms with Gasteiger partial charge in [0, 0.05) is 47.6 Å². The molecular formula is C51H32N4S. The highest BCUT2D eigenvalue weighted by Gasteiger charge is 2.20. The predicted octanol–water partition coefficient (Wildman–Crippen LogP) is 13.7. The molecule has 11 aromatic rings. The van der Waals surface area contributed by atoms with Crippen molar-refractivity contribution >= 4 is 53.3 Å². The summed E-state index contributed by atoms with van der Waals surface area (Å²) in [6.45, 7) is 0. The smallest absolute Gasteiger partial charge is 0.238 e. The third-order valence-electron chi connectivity index (χ3n) is 10.7. The Balaban J connectivity index is 1.09. The third kappa shape index (κ3) is 5.32. The Morgan fingerprint density at radius 3 is 1.57 bits per heavy atom. The molecule has 0 saturated carbocycles. The van der Waals surface area contributed by atoms with Crippen LogP contribution in [-0.2, 0) is 0 Å². The molecule has 0 spiro atoms. The normalized spacial score (nSPS) is 11.6. The van der Waals surface area contributed by atoms with Crippen LogP contribution >= 0.6 is 11.3 Å². The Hall–Kier alpha value is -7.21. The zero-order valence-corrected chi connectivity index (χ0v) is 31.0. The maximum Gasteiger partial charge on any atom is 0.238 e. The van der Waals surface area contributed by atoms with Crippen molar-refractivity contribution in [1.82, 2.24) is 19.5 Å². The van der Waals surface area contributed by atoms with E-state index in [0.717, 1.165) is 38.5 Å². The largest absolute Gasteiger partial charge is 0.278 e. The first-order valence-electron chi connectivity index (χ1n) is 18.8. The van der Waals surface area contributed by atoms with E-state index in [1.807, 2.05) is 72.0 Å². The topological polar surface area (TPSA) is 43.6 Å². The number of aromatic nitrogens is 4. The second-order valence-electron chi connectivity index (χ2n) is 14.0. The van der Waals surface area contributed by atoms with Gasteiger partial charge in [-0.3, -0.25) is 4.57 Å². The molecule has 262 valence electrons. The lowest BCUT2D eigenvalue weighted by Gasteiger charge is -2.15. The fraction of sp³-hybridized carbons (Fsp3) is 0. The van der Waals surface area contributed by atoms with Gasteiger partial charge in [-0.05, 0) is 52.1 Å². The monoisotopic (exact) mass is 732 g/mol. The highest BCUT2D eigenvalue weighted by Crippen LogP contribution is 2.45. The van der Waals surface area contributed by atoms with E-state index < -0.39 is 0 Å². The lowest BCUT2D eigenvalue weighted by molar-refractivity contribution is 0.953. The number of rotatable bonds is 6. The van der Waals surface area contributed by atoms with Gasteiger partial charge in [0.1, 0.15) is 0 Å². The van der Waals surface area contributed by atoms with Crippen LogP contribution in [0.25, 0.3) is 104 Å². The maximum atomic E-state index is 5.12. The highest BCUT2D eigenvalue weighted by molar-refractivity contribution is 7.26. The lowest BCUT2D eigenvalue weighted by atomic mass is 9.89. The van der Waals surface area contributed by atoms with E-state index in [9.17, 15) is 0 Å². The van der Waals surface area contributed by atoms with Gasteiger partial charge in [-0.25, -0.2) is 4.98 Å².